The number of nitrogens with zero attached hydrogens (tertiary/aromatic N) is 2. The molecule has 0 saturated carbocycles. The van der Waals surface area contributed by atoms with E-state index in [2.05, 4.69) is 18.2 Å². The predicted molar refractivity (Wildman–Crippen MR) is 132 cm³/mol. The van der Waals surface area contributed by atoms with Crippen LogP contribution in [-0.2, 0) is 37.3 Å². The number of carbonyl (C=O) groups excluding carboxylic acids is 1. The molecule has 6 nitrogen and oxygen atoms in total. The van der Waals surface area contributed by atoms with Gasteiger partial charge in [-0.05, 0) is 74.1 Å². The van der Waals surface area contributed by atoms with Gasteiger partial charge >= 0.3 is 6.09 Å². The van der Waals surface area contributed by atoms with E-state index in [1.165, 1.54) is 23.8 Å². The van der Waals surface area contributed by atoms with Crippen molar-refractivity contribution in [1.82, 2.24) is 9.47 Å². The van der Waals surface area contributed by atoms with Crippen molar-refractivity contribution in [1.29, 1.82) is 0 Å². The summed E-state index contributed by atoms with van der Waals surface area (Å²) in [5.74, 6) is 0.183. The fourth-order valence-corrected chi connectivity index (χ4v) is 4.01. The number of carbonyl (C=O) groups is 1. The molecule has 0 atom stereocenters. The third-order valence-corrected chi connectivity index (χ3v) is 5.86. The van der Waals surface area contributed by atoms with Crippen LogP contribution >= 0.6 is 0 Å². The van der Waals surface area contributed by atoms with Crippen molar-refractivity contribution in [3.8, 4) is 5.75 Å². The first-order chi connectivity index (χ1) is 16.7. The Balaban J connectivity index is 1.35. The molecular weight excluding hydrogens is 447 g/mol. The molecule has 35 heavy (non-hydrogen) atoms. The summed E-state index contributed by atoms with van der Waals surface area (Å²) in [4.78, 5) is 26.8. The van der Waals surface area contributed by atoms with Gasteiger partial charge in [-0.25, -0.2) is 9.18 Å². The zero-order valence-electron chi connectivity index (χ0n) is 20.4. The second-order valence-electron chi connectivity index (χ2n) is 9.81. The SMILES string of the molecule is CC(C)(C)OC(=O)N1CCc2ccc(CCn3ccc(OCc4ccc(F)cc4)cc3=O)cc2C1. The van der Waals surface area contributed by atoms with Gasteiger partial charge in [0, 0.05) is 31.9 Å². The smallest absolute Gasteiger partial charge is 0.410 e. The Morgan fingerprint density at radius 2 is 1.74 bits per heavy atom. The quantitative estimate of drug-likeness (QED) is 0.495. The summed E-state index contributed by atoms with van der Waals surface area (Å²) in [7, 11) is 0. The fraction of sp³-hybridized carbons (Fsp3) is 0.357. The molecule has 0 bridgehead atoms. The van der Waals surface area contributed by atoms with Crippen LogP contribution < -0.4 is 10.3 Å². The molecule has 2 aromatic carbocycles. The summed E-state index contributed by atoms with van der Waals surface area (Å²) < 4.78 is 25.9. The number of ether oxygens (including phenoxy) is 2. The molecule has 0 unspecified atom stereocenters. The molecule has 0 fully saturated rings. The first-order valence-corrected chi connectivity index (χ1v) is 11.8. The molecule has 1 aliphatic rings. The predicted octanol–water partition coefficient (Wildman–Crippen LogP) is 5.10. The Morgan fingerprint density at radius 1 is 1.00 bits per heavy atom. The molecule has 1 aromatic heterocycles. The molecule has 1 amide bonds. The average molecular weight is 479 g/mol. The number of halogens is 1. The van der Waals surface area contributed by atoms with Gasteiger partial charge in [0.1, 0.15) is 23.8 Å². The Bertz CT molecular complexity index is 1250. The molecule has 7 heteroatoms. The summed E-state index contributed by atoms with van der Waals surface area (Å²) in [6.07, 6.45) is 2.93. The number of aryl methyl sites for hydroxylation is 2. The second kappa shape index (κ2) is 10.3. The van der Waals surface area contributed by atoms with E-state index < -0.39 is 5.60 Å². The number of pyridine rings is 1. The van der Waals surface area contributed by atoms with E-state index in [0.29, 0.717) is 31.8 Å². The van der Waals surface area contributed by atoms with E-state index in [-0.39, 0.29) is 24.1 Å². The van der Waals surface area contributed by atoms with E-state index in [1.807, 2.05) is 20.8 Å². The molecule has 0 saturated heterocycles. The molecule has 3 aromatic rings. The van der Waals surface area contributed by atoms with Gasteiger partial charge in [-0.2, -0.15) is 0 Å². The van der Waals surface area contributed by atoms with E-state index >= 15 is 0 Å². The van der Waals surface area contributed by atoms with Crippen LogP contribution in [0.15, 0.2) is 65.6 Å². The van der Waals surface area contributed by atoms with Crippen molar-refractivity contribution in [3.63, 3.8) is 0 Å². The fourth-order valence-electron chi connectivity index (χ4n) is 4.01. The van der Waals surface area contributed by atoms with E-state index in [0.717, 1.165) is 23.1 Å². The lowest BCUT2D eigenvalue weighted by molar-refractivity contribution is 0.0224. The lowest BCUT2D eigenvalue weighted by Crippen LogP contribution is -2.39. The number of benzene rings is 2. The molecular formula is C28H31FN2O4. The standard InChI is InChI=1S/C28H31FN2O4/c1-28(2,3)35-27(33)31-14-11-22-7-4-20(16-23(22)18-31)10-13-30-15-12-25(17-26(30)32)34-19-21-5-8-24(29)9-6-21/h4-9,12,15-17H,10-11,13-14,18-19H2,1-3H3. The van der Waals surface area contributed by atoms with Gasteiger partial charge in [0.15, 0.2) is 0 Å². The Labute approximate surface area is 204 Å². The number of amides is 1. The van der Waals surface area contributed by atoms with Gasteiger partial charge in [0.25, 0.3) is 5.56 Å². The van der Waals surface area contributed by atoms with Crippen molar-refractivity contribution in [3.05, 3.63) is 99.2 Å². The Kier molecular flexibility index (Phi) is 7.24. The lowest BCUT2D eigenvalue weighted by atomic mass is 9.96. The van der Waals surface area contributed by atoms with Crippen LogP contribution in [-0.4, -0.2) is 27.7 Å². The van der Waals surface area contributed by atoms with Crippen LogP contribution in [0.2, 0.25) is 0 Å². The monoisotopic (exact) mass is 478 g/mol. The number of rotatable bonds is 6. The highest BCUT2D eigenvalue weighted by atomic mass is 19.1. The summed E-state index contributed by atoms with van der Waals surface area (Å²) >= 11 is 0. The molecule has 4 rings (SSSR count). The summed E-state index contributed by atoms with van der Waals surface area (Å²) in [6, 6.07) is 15.6. The van der Waals surface area contributed by atoms with Crippen molar-refractivity contribution < 1.29 is 18.7 Å². The minimum Gasteiger partial charge on any atom is -0.489 e. The van der Waals surface area contributed by atoms with Crippen molar-refractivity contribution >= 4 is 6.09 Å². The molecule has 0 radical (unpaired) electrons. The van der Waals surface area contributed by atoms with E-state index in [1.54, 1.807) is 33.9 Å². The third-order valence-electron chi connectivity index (χ3n) is 5.86. The van der Waals surface area contributed by atoms with Gasteiger partial charge in [0.2, 0.25) is 0 Å². The van der Waals surface area contributed by atoms with Gasteiger partial charge in [-0.15, -0.1) is 0 Å². The van der Waals surface area contributed by atoms with Gasteiger partial charge < -0.3 is 18.9 Å². The minimum absolute atomic E-state index is 0.143. The highest BCUT2D eigenvalue weighted by Gasteiger charge is 2.25. The molecule has 184 valence electrons. The van der Waals surface area contributed by atoms with Crippen molar-refractivity contribution in [2.75, 3.05) is 6.54 Å². The van der Waals surface area contributed by atoms with Gasteiger partial charge in [0.05, 0.1) is 0 Å². The van der Waals surface area contributed by atoms with E-state index in [9.17, 15) is 14.0 Å². The maximum absolute atomic E-state index is 13.0. The molecule has 1 aliphatic heterocycles. The Morgan fingerprint density at radius 3 is 2.46 bits per heavy atom. The van der Waals surface area contributed by atoms with Gasteiger partial charge in [-0.3, -0.25) is 4.79 Å². The van der Waals surface area contributed by atoms with Crippen molar-refractivity contribution in [2.45, 2.75) is 58.9 Å². The van der Waals surface area contributed by atoms with Crippen LogP contribution in [0.4, 0.5) is 9.18 Å². The van der Waals surface area contributed by atoms with Crippen LogP contribution in [0, 0.1) is 5.82 Å². The topological polar surface area (TPSA) is 60.8 Å². The lowest BCUT2D eigenvalue weighted by Gasteiger charge is -2.31. The van der Waals surface area contributed by atoms with Crippen LogP contribution in [0.1, 0.15) is 43.0 Å². The number of fused-ring (bicyclic) bond motifs is 1. The zero-order valence-corrected chi connectivity index (χ0v) is 20.4. The largest absolute Gasteiger partial charge is 0.489 e. The Hall–Kier alpha value is -3.61. The average Bonchev–Trinajstić information content (AvgIpc) is 2.81. The second-order valence-corrected chi connectivity index (χ2v) is 9.81. The number of hydrogen-bond donors (Lipinski definition) is 0. The van der Waals surface area contributed by atoms with E-state index in [4.69, 9.17) is 9.47 Å². The molecule has 0 aliphatic carbocycles. The third kappa shape index (κ3) is 6.72. The normalized spacial score (nSPS) is 13.3. The first-order valence-electron chi connectivity index (χ1n) is 11.8. The number of aromatic nitrogens is 1. The highest BCUT2D eigenvalue weighted by molar-refractivity contribution is 5.68. The summed E-state index contributed by atoms with van der Waals surface area (Å²) in [5, 5.41) is 0. The number of hydrogen-bond acceptors (Lipinski definition) is 4. The molecule has 0 spiro atoms. The van der Waals surface area contributed by atoms with Crippen LogP contribution in [0.25, 0.3) is 0 Å². The minimum atomic E-state index is -0.520. The molecule has 2 heterocycles. The maximum Gasteiger partial charge on any atom is 0.410 e. The van der Waals surface area contributed by atoms with Crippen LogP contribution in [0.3, 0.4) is 0 Å². The highest BCUT2D eigenvalue weighted by Crippen LogP contribution is 2.23. The first kappa shape index (κ1) is 24.5. The summed E-state index contributed by atoms with van der Waals surface area (Å²) in [6.45, 7) is 7.57. The molecule has 0 N–H and O–H groups in total. The van der Waals surface area contributed by atoms with Crippen LogP contribution in [0.5, 0.6) is 5.75 Å². The zero-order chi connectivity index (χ0) is 25.0. The van der Waals surface area contributed by atoms with Crippen molar-refractivity contribution in [2.24, 2.45) is 0 Å². The summed E-state index contributed by atoms with van der Waals surface area (Å²) in [5.41, 5.74) is 3.64. The maximum atomic E-state index is 13.0. The van der Waals surface area contributed by atoms with Gasteiger partial charge in [-0.1, -0.05) is 30.3 Å².